The Balaban J connectivity index is 2.49. The van der Waals surface area contributed by atoms with Gasteiger partial charge in [0.15, 0.2) is 12.6 Å². The van der Waals surface area contributed by atoms with Gasteiger partial charge in [0, 0.05) is 0 Å². The maximum absolute atomic E-state index is 8.97. The van der Waals surface area contributed by atoms with Crippen molar-refractivity contribution in [3.63, 3.8) is 0 Å². The van der Waals surface area contributed by atoms with Crippen molar-refractivity contribution in [1.29, 1.82) is 0 Å². The number of aliphatic hydroxyl groups is 2. The summed E-state index contributed by atoms with van der Waals surface area (Å²) in [5, 5.41) is 17.9. The molecule has 1 aromatic carbocycles. The van der Waals surface area contributed by atoms with Gasteiger partial charge in [0.1, 0.15) is 5.75 Å². The van der Waals surface area contributed by atoms with Gasteiger partial charge < -0.3 is 19.7 Å². The topological polar surface area (TPSA) is 58.9 Å². The highest BCUT2D eigenvalue weighted by atomic mass is 16.6. The molecular weight excluding hydrogens is 196 g/mol. The summed E-state index contributed by atoms with van der Waals surface area (Å²) in [6.07, 6.45) is -1.58. The van der Waals surface area contributed by atoms with Crippen LogP contribution in [-0.2, 0) is 11.3 Å². The summed E-state index contributed by atoms with van der Waals surface area (Å²) in [5.41, 5.74) is 0.939. The van der Waals surface area contributed by atoms with Gasteiger partial charge in [-0.3, -0.25) is 0 Å². The Morgan fingerprint density at radius 1 is 1.07 bits per heavy atom. The molecule has 0 radical (unpaired) electrons. The van der Waals surface area contributed by atoms with Gasteiger partial charge in [-0.05, 0) is 31.5 Å². The number of aliphatic hydroxyl groups excluding tert-OH is 2. The molecule has 2 atom stereocenters. The molecule has 0 aromatic heterocycles. The Morgan fingerprint density at radius 3 is 2.13 bits per heavy atom. The molecule has 2 N–H and O–H groups in total. The lowest BCUT2D eigenvalue weighted by atomic mass is 10.2. The number of hydrogen-bond acceptors (Lipinski definition) is 4. The predicted octanol–water partition coefficient (Wildman–Crippen LogP) is 1.26. The standard InChI is InChI=1S/C11H16O4/c1-8(12)14-7-10-3-5-11(6-4-10)15-9(2)13/h3-6,8-9,12-13H,7H2,1-2H3/t8-,9?/m1/s1. The minimum absolute atomic E-state index is 0.354. The van der Waals surface area contributed by atoms with E-state index >= 15 is 0 Å². The first-order chi connectivity index (χ1) is 7.08. The van der Waals surface area contributed by atoms with Crippen molar-refractivity contribution in [2.24, 2.45) is 0 Å². The summed E-state index contributed by atoms with van der Waals surface area (Å²) < 4.78 is 10.1. The number of hydrogen-bond donors (Lipinski definition) is 2. The van der Waals surface area contributed by atoms with E-state index in [0.717, 1.165) is 5.56 Å². The zero-order valence-electron chi connectivity index (χ0n) is 8.88. The van der Waals surface area contributed by atoms with Crippen LogP contribution >= 0.6 is 0 Å². The lowest BCUT2D eigenvalue weighted by molar-refractivity contribution is -0.0939. The molecule has 0 aliphatic heterocycles. The van der Waals surface area contributed by atoms with Gasteiger partial charge >= 0.3 is 0 Å². The first kappa shape index (κ1) is 12.0. The second kappa shape index (κ2) is 5.70. The molecule has 0 saturated heterocycles. The number of benzene rings is 1. The monoisotopic (exact) mass is 212 g/mol. The summed E-state index contributed by atoms with van der Waals surface area (Å²) >= 11 is 0. The Bertz CT molecular complexity index is 279. The van der Waals surface area contributed by atoms with E-state index in [1.807, 2.05) is 12.1 Å². The Hall–Kier alpha value is -1.10. The van der Waals surface area contributed by atoms with Crippen LogP contribution in [0.3, 0.4) is 0 Å². The van der Waals surface area contributed by atoms with Crippen LogP contribution in [0.4, 0.5) is 0 Å². The van der Waals surface area contributed by atoms with Crippen molar-refractivity contribution in [1.82, 2.24) is 0 Å². The van der Waals surface area contributed by atoms with E-state index in [4.69, 9.17) is 19.7 Å². The molecule has 84 valence electrons. The Morgan fingerprint density at radius 2 is 1.67 bits per heavy atom. The maximum atomic E-state index is 8.97. The molecule has 0 heterocycles. The van der Waals surface area contributed by atoms with Crippen LogP contribution in [0.25, 0.3) is 0 Å². The highest BCUT2D eigenvalue weighted by molar-refractivity contribution is 5.26. The van der Waals surface area contributed by atoms with Gasteiger partial charge in [0.2, 0.25) is 0 Å². The SMILES string of the molecule is CC(O)Oc1ccc(CO[C@H](C)O)cc1. The number of rotatable bonds is 5. The fraction of sp³-hybridized carbons (Fsp3) is 0.455. The molecule has 0 saturated carbocycles. The second-order valence-electron chi connectivity index (χ2n) is 3.27. The normalized spacial score (nSPS) is 14.7. The first-order valence-electron chi connectivity index (χ1n) is 4.81. The third-order valence-corrected chi connectivity index (χ3v) is 1.72. The molecule has 0 spiro atoms. The van der Waals surface area contributed by atoms with E-state index in [1.54, 1.807) is 26.0 Å². The van der Waals surface area contributed by atoms with Crippen LogP contribution in [0, 0.1) is 0 Å². The molecule has 0 fully saturated rings. The van der Waals surface area contributed by atoms with Crippen LogP contribution in [-0.4, -0.2) is 22.8 Å². The smallest absolute Gasteiger partial charge is 0.194 e. The fourth-order valence-corrected chi connectivity index (χ4v) is 1.08. The lowest BCUT2D eigenvalue weighted by Crippen LogP contribution is -2.09. The summed E-state index contributed by atoms with van der Waals surface area (Å²) in [6, 6.07) is 7.13. The van der Waals surface area contributed by atoms with Crippen molar-refractivity contribution in [2.45, 2.75) is 33.0 Å². The van der Waals surface area contributed by atoms with E-state index in [9.17, 15) is 0 Å². The molecular formula is C11H16O4. The minimum Gasteiger partial charge on any atom is -0.465 e. The minimum atomic E-state index is -0.815. The van der Waals surface area contributed by atoms with Gasteiger partial charge in [-0.15, -0.1) is 0 Å². The van der Waals surface area contributed by atoms with Crippen LogP contribution < -0.4 is 4.74 Å². The van der Waals surface area contributed by atoms with Crippen LogP contribution in [0.15, 0.2) is 24.3 Å². The molecule has 0 bridgehead atoms. The largest absolute Gasteiger partial charge is 0.465 e. The summed E-state index contributed by atoms with van der Waals surface area (Å²) in [7, 11) is 0. The van der Waals surface area contributed by atoms with Gasteiger partial charge in [-0.2, -0.15) is 0 Å². The lowest BCUT2D eigenvalue weighted by Gasteiger charge is -2.10. The summed E-state index contributed by atoms with van der Waals surface area (Å²) in [4.78, 5) is 0. The van der Waals surface area contributed by atoms with Crippen molar-refractivity contribution in [2.75, 3.05) is 0 Å². The molecule has 0 aliphatic rings. The zero-order valence-corrected chi connectivity index (χ0v) is 8.88. The first-order valence-corrected chi connectivity index (χ1v) is 4.81. The third-order valence-electron chi connectivity index (χ3n) is 1.72. The van der Waals surface area contributed by atoms with Gasteiger partial charge in [-0.1, -0.05) is 12.1 Å². The average Bonchev–Trinajstić information content (AvgIpc) is 2.16. The molecule has 1 rings (SSSR count). The highest BCUT2D eigenvalue weighted by Gasteiger charge is 2.00. The number of ether oxygens (including phenoxy) is 2. The van der Waals surface area contributed by atoms with Crippen LogP contribution in [0.2, 0.25) is 0 Å². The molecule has 4 heteroatoms. The van der Waals surface area contributed by atoms with Gasteiger partial charge in [-0.25, -0.2) is 0 Å². The molecule has 15 heavy (non-hydrogen) atoms. The van der Waals surface area contributed by atoms with E-state index in [2.05, 4.69) is 0 Å². The van der Waals surface area contributed by atoms with E-state index in [1.165, 1.54) is 0 Å². The van der Waals surface area contributed by atoms with Gasteiger partial charge in [0.05, 0.1) is 6.61 Å². The van der Waals surface area contributed by atoms with Crippen molar-refractivity contribution in [3.8, 4) is 5.75 Å². The summed E-state index contributed by atoms with van der Waals surface area (Å²) in [6.45, 7) is 3.46. The van der Waals surface area contributed by atoms with E-state index in [-0.39, 0.29) is 0 Å². The Labute approximate surface area is 89.1 Å². The molecule has 1 aromatic rings. The molecule has 4 nitrogen and oxygen atoms in total. The van der Waals surface area contributed by atoms with Crippen molar-refractivity contribution in [3.05, 3.63) is 29.8 Å². The van der Waals surface area contributed by atoms with E-state index < -0.39 is 12.6 Å². The van der Waals surface area contributed by atoms with Gasteiger partial charge in [0.25, 0.3) is 0 Å². The van der Waals surface area contributed by atoms with Crippen molar-refractivity contribution >= 4 is 0 Å². The second-order valence-corrected chi connectivity index (χ2v) is 3.27. The fourth-order valence-electron chi connectivity index (χ4n) is 1.08. The van der Waals surface area contributed by atoms with Crippen LogP contribution in [0.5, 0.6) is 5.75 Å². The van der Waals surface area contributed by atoms with Crippen LogP contribution in [0.1, 0.15) is 19.4 Å². The highest BCUT2D eigenvalue weighted by Crippen LogP contribution is 2.14. The van der Waals surface area contributed by atoms with Crippen molar-refractivity contribution < 1.29 is 19.7 Å². The molecule has 0 amide bonds. The average molecular weight is 212 g/mol. The zero-order chi connectivity index (χ0) is 11.3. The summed E-state index contributed by atoms with van der Waals surface area (Å²) in [5.74, 6) is 0.603. The van der Waals surface area contributed by atoms with E-state index in [0.29, 0.717) is 12.4 Å². The third kappa shape index (κ3) is 4.78. The molecule has 0 aliphatic carbocycles. The Kier molecular flexibility index (Phi) is 4.55. The predicted molar refractivity (Wildman–Crippen MR) is 55.2 cm³/mol. The quantitative estimate of drug-likeness (QED) is 0.721. The molecule has 1 unspecified atom stereocenters. The maximum Gasteiger partial charge on any atom is 0.194 e.